The number of alkyl halides is 1. The monoisotopic (exact) mass is 139 g/mol. The molecule has 4 nitrogen and oxygen atoms in total. The van der Waals surface area contributed by atoms with Crippen molar-refractivity contribution in [1.29, 1.82) is 0 Å². The van der Waals surface area contributed by atoms with Gasteiger partial charge in [-0.25, -0.2) is 0 Å². The van der Waals surface area contributed by atoms with Crippen LogP contribution in [-0.4, -0.2) is 24.1 Å². The lowest BCUT2D eigenvalue weighted by molar-refractivity contribution is -0.483. The summed E-state index contributed by atoms with van der Waals surface area (Å²) in [4.78, 5) is 9.10. The molecule has 0 radical (unpaired) electrons. The summed E-state index contributed by atoms with van der Waals surface area (Å²) in [7, 11) is 0. The van der Waals surface area contributed by atoms with Gasteiger partial charge in [0.05, 0.1) is 0 Å². The van der Waals surface area contributed by atoms with Crippen molar-refractivity contribution in [2.75, 3.05) is 19.2 Å². The Morgan fingerprint density at radius 2 is 2.38 bits per heavy atom. The van der Waals surface area contributed by atoms with Crippen molar-refractivity contribution >= 4 is 11.6 Å². The first-order chi connectivity index (χ1) is 3.77. The minimum absolute atomic E-state index is 0.0217. The smallest absolute Gasteiger partial charge is 0.226 e. The molecule has 0 amide bonds. The highest BCUT2D eigenvalue weighted by molar-refractivity contribution is 6.17. The molecule has 0 aromatic heterocycles. The quantitative estimate of drug-likeness (QED) is 0.246. The van der Waals surface area contributed by atoms with Crippen molar-refractivity contribution in [3.05, 3.63) is 10.1 Å². The molecular formula is C3H6ClNO3. The number of hydrogen-bond acceptors (Lipinski definition) is 3. The number of hydrogen-bond donors (Lipinski definition) is 0. The second-order valence-corrected chi connectivity index (χ2v) is 1.29. The van der Waals surface area contributed by atoms with Gasteiger partial charge in [-0.05, 0) is 0 Å². The van der Waals surface area contributed by atoms with Crippen LogP contribution in [-0.2, 0) is 4.74 Å². The van der Waals surface area contributed by atoms with E-state index in [1.54, 1.807) is 0 Å². The van der Waals surface area contributed by atoms with E-state index in [0.29, 0.717) is 0 Å². The summed E-state index contributed by atoms with van der Waals surface area (Å²) in [5.74, 6) is 0. The lowest BCUT2D eigenvalue weighted by Crippen LogP contribution is -2.07. The summed E-state index contributed by atoms with van der Waals surface area (Å²) in [5, 5.41) is 9.56. The van der Waals surface area contributed by atoms with Gasteiger partial charge in [0.1, 0.15) is 12.7 Å². The van der Waals surface area contributed by atoms with Crippen molar-refractivity contribution in [3.63, 3.8) is 0 Å². The third-order valence-corrected chi connectivity index (χ3v) is 0.650. The molecule has 0 aliphatic heterocycles. The van der Waals surface area contributed by atoms with E-state index < -0.39 is 4.92 Å². The second-order valence-electron chi connectivity index (χ2n) is 1.07. The highest BCUT2D eigenvalue weighted by Gasteiger charge is 1.93. The molecule has 0 heterocycles. The summed E-state index contributed by atoms with van der Waals surface area (Å²) in [5.41, 5.74) is 0. The van der Waals surface area contributed by atoms with Gasteiger partial charge in [-0.15, -0.1) is 0 Å². The molecule has 48 valence electrons. The van der Waals surface area contributed by atoms with Gasteiger partial charge >= 0.3 is 0 Å². The van der Waals surface area contributed by atoms with E-state index in [4.69, 9.17) is 11.6 Å². The van der Waals surface area contributed by atoms with E-state index in [0.717, 1.165) is 0 Å². The zero-order valence-corrected chi connectivity index (χ0v) is 4.93. The van der Waals surface area contributed by atoms with E-state index in [9.17, 15) is 10.1 Å². The van der Waals surface area contributed by atoms with Crippen molar-refractivity contribution in [3.8, 4) is 0 Å². The Bertz CT molecular complexity index is 76.9. The third kappa shape index (κ3) is 5.65. The van der Waals surface area contributed by atoms with Crippen LogP contribution in [0.15, 0.2) is 0 Å². The maximum atomic E-state index is 9.56. The lowest BCUT2D eigenvalue weighted by Gasteiger charge is -1.91. The Balaban J connectivity index is 2.82. The molecule has 0 rings (SSSR count). The third-order valence-electron chi connectivity index (χ3n) is 0.495. The first-order valence-corrected chi connectivity index (χ1v) is 2.56. The van der Waals surface area contributed by atoms with Crippen LogP contribution in [0.3, 0.4) is 0 Å². The van der Waals surface area contributed by atoms with Gasteiger partial charge in [-0.2, -0.15) is 0 Å². The topological polar surface area (TPSA) is 52.4 Å². The normalized spacial score (nSPS) is 9.12. The SMILES string of the molecule is O=[N+]([O-])CCOCCl. The van der Waals surface area contributed by atoms with Crippen LogP contribution in [0.1, 0.15) is 0 Å². The maximum absolute atomic E-state index is 9.56. The maximum Gasteiger partial charge on any atom is 0.226 e. The Hall–Kier alpha value is -0.350. The minimum Gasteiger partial charge on any atom is -0.359 e. The molecule has 0 aromatic carbocycles. The fourth-order valence-electron chi connectivity index (χ4n) is 0.194. The molecule has 0 spiro atoms. The highest BCUT2D eigenvalue weighted by atomic mass is 35.5. The van der Waals surface area contributed by atoms with Crippen LogP contribution >= 0.6 is 11.6 Å². The van der Waals surface area contributed by atoms with Gasteiger partial charge in [0.25, 0.3) is 0 Å². The molecule has 0 aliphatic carbocycles. The van der Waals surface area contributed by atoms with Crippen LogP contribution in [0.5, 0.6) is 0 Å². The Labute approximate surface area is 51.5 Å². The van der Waals surface area contributed by atoms with Gasteiger partial charge in [0.2, 0.25) is 6.54 Å². The van der Waals surface area contributed by atoms with Gasteiger partial charge < -0.3 is 4.74 Å². The largest absolute Gasteiger partial charge is 0.359 e. The molecular weight excluding hydrogens is 133 g/mol. The number of halogens is 1. The molecule has 0 atom stereocenters. The first-order valence-electron chi connectivity index (χ1n) is 2.03. The number of nitrogens with zero attached hydrogens (tertiary/aromatic N) is 1. The van der Waals surface area contributed by atoms with Crippen LogP contribution in [0, 0.1) is 10.1 Å². The minimum atomic E-state index is -0.452. The van der Waals surface area contributed by atoms with Crippen LogP contribution < -0.4 is 0 Å². The van der Waals surface area contributed by atoms with Gasteiger partial charge in [-0.1, -0.05) is 11.6 Å². The number of nitro groups is 1. The Kier molecular flexibility index (Phi) is 4.59. The summed E-state index contributed by atoms with van der Waals surface area (Å²) in [6.07, 6.45) is 0. The Morgan fingerprint density at radius 1 is 1.75 bits per heavy atom. The fourth-order valence-corrected chi connectivity index (χ4v) is 0.303. The molecule has 0 aromatic rings. The van der Waals surface area contributed by atoms with Crippen LogP contribution in [0.4, 0.5) is 0 Å². The molecule has 0 aliphatic rings. The van der Waals surface area contributed by atoms with E-state index in [-0.39, 0.29) is 19.2 Å². The average molecular weight is 140 g/mol. The van der Waals surface area contributed by atoms with Crippen molar-refractivity contribution < 1.29 is 9.66 Å². The molecule has 0 fully saturated rings. The molecule has 0 N–H and O–H groups in total. The number of rotatable bonds is 4. The predicted molar refractivity (Wildman–Crippen MR) is 28.5 cm³/mol. The summed E-state index contributed by atoms with van der Waals surface area (Å²) in [6.45, 7) is -0.0801. The molecule has 8 heavy (non-hydrogen) atoms. The highest BCUT2D eigenvalue weighted by Crippen LogP contribution is 1.78. The second kappa shape index (κ2) is 4.80. The van der Waals surface area contributed by atoms with Crippen LogP contribution in [0.2, 0.25) is 0 Å². The van der Waals surface area contributed by atoms with E-state index >= 15 is 0 Å². The first kappa shape index (κ1) is 7.65. The summed E-state index contributed by atoms with van der Waals surface area (Å²) >= 11 is 5.04. The number of ether oxygens (including phenoxy) is 1. The Morgan fingerprint density at radius 3 is 2.75 bits per heavy atom. The van der Waals surface area contributed by atoms with Gasteiger partial charge in [0, 0.05) is 4.92 Å². The molecule has 0 bridgehead atoms. The van der Waals surface area contributed by atoms with E-state index in [1.807, 2.05) is 0 Å². The standard InChI is InChI=1S/C3H6ClNO3/c4-3-8-2-1-5(6)7/h1-3H2. The van der Waals surface area contributed by atoms with Gasteiger partial charge in [0.15, 0.2) is 0 Å². The average Bonchev–Trinajstić information content (AvgIpc) is 1.66. The van der Waals surface area contributed by atoms with Gasteiger partial charge in [-0.3, -0.25) is 10.1 Å². The lowest BCUT2D eigenvalue weighted by atomic mass is 10.7. The molecule has 0 saturated heterocycles. The van der Waals surface area contributed by atoms with E-state index in [1.165, 1.54) is 0 Å². The summed E-state index contributed by atoms with van der Waals surface area (Å²) in [6, 6.07) is 0.0217. The molecule has 5 heteroatoms. The zero-order valence-electron chi connectivity index (χ0n) is 4.17. The molecule has 0 saturated carbocycles. The summed E-state index contributed by atoms with van der Waals surface area (Å²) < 4.78 is 4.47. The van der Waals surface area contributed by atoms with Crippen molar-refractivity contribution in [2.45, 2.75) is 0 Å². The van der Waals surface area contributed by atoms with Crippen molar-refractivity contribution in [1.82, 2.24) is 0 Å². The van der Waals surface area contributed by atoms with Crippen molar-refractivity contribution in [2.24, 2.45) is 0 Å². The van der Waals surface area contributed by atoms with E-state index in [2.05, 4.69) is 4.74 Å². The predicted octanol–water partition coefficient (Wildman–Crippen LogP) is 0.476. The molecule has 0 unspecified atom stereocenters. The zero-order chi connectivity index (χ0) is 6.41. The van der Waals surface area contributed by atoms with Crippen LogP contribution in [0.25, 0.3) is 0 Å². The fraction of sp³-hybridized carbons (Fsp3) is 1.00.